The smallest absolute Gasteiger partial charge is 0.223 e. The molecule has 4 heteroatoms. The highest BCUT2D eigenvalue weighted by atomic mass is 32.2. The minimum absolute atomic E-state index is 0.165. The number of aliphatic hydroxyl groups excluding tert-OH is 1. The van der Waals surface area contributed by atoms with Gasteiger partial charge in [0.25, 0.3) is 0 Å². The van der Waals surface area contributed by atoms with Crippen LogP contribution in [0.15, 0.2) is 30.3 Å². The van der Waals surface area contributed by atoms with Gasteiger partial charge in [-0.1, -0.05) is 37.3 Å². The molecule has 1 N–H and O–H groups in total. The van der Waals surface area contributed by atoms with Gasteiger partial charge in [-0.2, -0.15) is 11.8 Å². The molecule has 22 heavy (non-hydrogen) atoms. The van der Waals surface area contributed by atoms with Crippen molar-refractivity contribution in [1.29, 1.82) is 0 Å². The number of likely N-dealkylation sites (tertiary alicyclic amines) is 1. The van der Waals surface area contributed by atoms with Crippen molar-refractivity contribution in [1.82, 2.24) is 4.90 Å². The molecule has 0 saturated carbocycles. The standard InChI is InChI=1S/C18H27NO2S/c1-2-12-22-17-13-16(10-11-20)19(14-17)18(21)9-8-15-6-4-3-5-7-15/h3-7,16-17,20H,2,8-14H2,1H3. The van der Waals surface area contributed by atoms with Crippen LogP contribution in [0.3, 0.4) is 0 Å². The number of amides is 1. The van der Waals surface area contributed by atoms with Gasteiger partial charge < -0.3 is 10.0 Å². The Labute approximate surface area is 138 Å². The largest absolute Gasteiger partial charge is 0.396 e. The third-order valence-corrected chi connectivity index (χ3v) is 5.64. The van der Waals surface area contributed by atoms with Gasteiger partial charge in [-0.3, -0.25) is 4.79 Å². The van der Waals surface area contributed by atoms with Gasteiger partial charge in [0.2, 0.25) is 5.91 Å². The molecule has 122 valence electrons. The molecule has 2 unspecified atom stereocenters. The van der Waals surface area contributed by atoms with Crippen LogP contribution in [0.5, 0.6) is 0 Å². The molecule has 1 amide bonds. The summed E-state index contributed by atoms with van der Waals surface area (Å²) < 4.78 is 0. The van der Waals surface area contributed by atoms with Crippen LogP contribution >= 0.6 is 11.8 Å². The van der Waals surface area contributed by atoms with Crippen molar-refractivity contribution in [2.75, 3.05) is 18.9 Å². The molecule has 2 atom stereocenters. The molecule has 0 aliphatic carbocycles. The minimum atomic E-state index is 0.165. The van der Waals surface area contributed by atoms with Crippen LogP contribution in [0.2, 0.25) is 0 Å². The summed E-state index contributed by atoms with van der Waals surface area (Å²) in [4.78, 5) is 14.6. The first-order chi connectivity index (χ1) is 10.7. The second-order valence-electron chi connectivity index (χ2n) is 5.93. The fraction of sp³-hybridized carbons (Fsp3) is 0.611. The van der Waals surface area contributed by atoms with Crippen molar-refractivity contribution in [2.45, 2.75) is 50.3 Å². The number of benzene rings is 1. The fourth-order valence-corrected chi connectivity index (χ4v) is 4.24. The van der Waals surface area contributed by atoms with Crippen molar-refractivity contribution in [3.63, 3.8) is 0 Å². The number of aliphatic hydroxyl groups is 1. The Morgan fingerprint density at radius 2 is 2.14 bits per heavy atom. The second-order valence-corrected chi connectivity index (χ2v) is 7.33. The number of rotatable bonds is 8. The quantitative estimate of drug-likeness (QED) is 0.800. The van der Waals surface area contributed by atoms with Crippen LogP contribution < -0.4 is 0 Å². The Bertz CT molecular complexity index is 452. The maximum absolute atomic E-state index is 12.6. The molecule has 0 bridgehead atoms. The normalized spacial score (nSPS) is 21.3. The van der Waals surface area contributed by atoms with E-state index in [9.17, 15) is 9.90 Å². The van der Waals surface area contributed by atoms with Crippen molar-refractivity contribution in [2.24, 2.45) is 0 Å². The Morgan fingerprint density at radius 1 is 1.36 bits per heavy atom. The number of carbonyl (C=O) groups excluding carboxylic acids is 1. The van der Waals surface area contributed by atoms with E-state index in [-0.39, 0.29) is 18.6 Å². The predicted octanol–water partition coefficient (Wildman–Crippen LogP) is 3.11. The number of aryl methyl sites for hydroxylation is 1. The van der Waals surface area contributed by atoms with Gasteiger partial charge in [-0.25, -0.2) is 0 Å². The molecular formula is C18H27NO2S. The van der Waals surface area contributed by atoms with Gasteiger partial charge in [0.1, 0.15) is 0 Å². The highest BCUT2D eigenvalue weighted by molar-refractivity contribution is 7.99. The Morgan fingerprint density at radius 3 is 2.82 bits per heavy atom. The SMILES string of the molecule is CCCSC1CC(CCO)N(C(=O)CCc2ccccc2)C1. The molecular weight excluding hydrogens is 294 g/mol. The molecule has 1 fully saturated rings. The van der Waals surface area contributed by atoms with Crippen LogP contribution in [0.4, 0.5) is 0 Å². The minimum Gasteiger partial charge on any atom is -0.396 e. The maximum Gasteiger partial charge on any atom is 0.223 e. The van der Waals surface area contributed by atoms with E-state index >= 15 is 0 Å². The third-order valence-electron chi connectivity index (χ3n) is 4.19. The molecule has 1 aromatic carbocycles. The summed E-state index contributed by atoms with van der Waals surface area (Å²) in [7, 11) is 0. The topological polar surface area (TPSA) is 40.5 Å². The van der Waals surface area contributed by atoms with E-state index in [4.69, 9.17) is 0 Å². The number of hydrogen-bond acceptors (Lipinski definition) is 3. The van der Waals surface area contributed by atoms with E-state index in [1.165, 1.54) is 12.0 Å². The number of hydrogen-bond donors (Lipinski definition) is 1. The average Bonchev–Trinajstić information content (AvgIpc) is 2.95. The third kappa shape index (κ3) is 5.03. The molecule has 0 radical (unpaired) electrons. The van der Waals surface area contributed by atoms with Gasteiger partial charge in [0.05, 0.1) is 0 Å². The highest BCUT2D eigenvalue weighted by Crippen LogP contribution is 2.30. The van der Waals surface area contributed by atoms with Crippen LogP contribution in [-0.2, 0) is 11.2 Å². The van der Waals surface area contributed by atoms with E-state index in [0.717, 1.165) is 25.1 Å². The lowest BCUT2D eigenvalue weighted by atomic mass is 10.1. The van der Waals surface area contributed by atoms with E-state index in [1.54, 1.807) is 0 Å². The van der Waals surface area contributed by atoms with E-state index in [0.29, 0.717) is 18.1 Å². The van der Waals surface area contributed by atoms with Gasteiger partial charge in [-0.15, -0.1) is 0 Å². The highest BCUT2D eigenvalue weighted by Gasteiger charge is 2.34. The average molecular weight is 321 g/mol. The summed E-state index contributed by atoms with van der Waals surface area (Å²) in [5, 5.41) is 9.79. The number of thioether (sulfide) groups is 1. The first-order valence-electron chi connectivity index (χ1n) is 8.30. The van der Waals surface area contributed by atoms with Crippen molar-refractivity contribution in [3.8, 4) is 0 Å². The van der Waals surface area contributed by atoms with E-state index < -0.39 is 0 Å². The van der Waals surface area contributed by atoms with Crippen LogP contribution in [0, 0.1) is 0 Å². The van der Waals surface area contributed by atoms with Gasteiger partial charge in [0.15, 0.2) is 0 Å². The summed E-state index contributed by atoms with van der Waals surface area (Å²) in [6, 6.07) is 10.4. The first kappa shape index (κ1) is 17.4. The summed E-state index contributed by atoms with van der Waals surface area (Å²) in [6.45, 7) is 3.21. The molecule has 1 aliphatic heterocycles. The molecule has 3 nitrogen and oxygen atoms in total. The lowest BCUT2D eigenvalue weighted by Crippen LogP contribution is -2.36. The Hall–Kier alpha value is -1.00. The van der Waals surface area contributed by atoms with Crippen LogP contribution in [-0.4, -0.2) is 46.1 Å². The molecule has 1 aliphatic rings. The van der Waals surface area contributed by atoms with Crippen LogP contribution in [0.1, 0.15) is 38.2 Å². The van der Waals surface area contributed by atoms with Crippen molar-refractivity contribution >= 4 is 17.7 Å². The molecule has 0 spiro atoms. The van der Waals surface area contributed by atoms with E-state index in [2.05, 4.69) is 19.1 Å². The molecule has 1 aromatic rings. The molecule has 1 heterocycles. The summed E-state index contributed by atoms with van der Waals surface area (Å²) in [5.41, 5.74) is 1.21. The zero-order valence-corrected chi connectivity index (χ0v) is 14.2. The molecule has 0 aromatic heterocycles. The van der Waals surface area contributed by atoms with Crippen molar-refractivity contribution < 1.29 is 9.90 Å². The molecule has 1 saturated heterocycles. The lowest BCUT2D eigenvalue weighted by molar-refractivity contribution is -0.132. The Balaban J connectivity index is 1.88. The summed E-state index contributed by atoms with van der Waals surface area (Å²) >= 11 is 1.97. The van der Waals surface area contributed by atoms with E-state index in [1.807, 2.05) is 34.9 Å². The van der Waals surface area contributed by atoms with Gasteiger partial charge in [-0.05, 0) is 37.0 Å². The van der Waals surface area contributed by atoms with Gasteiger partial charge >= 0.3 is 0 Å². The summed E-state index contributed by atoms with van der Waals surface area (Å²) in [5.74, 6) is 1.39. The monoisotopic (exact) mass is 321 g/mol. The number of carbonyl (C=O) groups is 1. The zero-order valence-electron chi connectivity index (χ0n) is 13.4. The summed E-state index contributed by atoms with van der Waals surface area (Å²) in [6.07, 6.45) is 4.28. The zero-order chi connectivity index (χ0) is 15.8. The van der Waals surface area contributed by atoms with Crippen LogP contribution in [0.25, 0.3) is 0 Å². The molecule has 2 rings (SSSR count). The predicted molar refractivity (Wildman–Crippen MR) is 93.1 cm³/mol. The Kier molecular flexibility index (Phi) is 7.26. The number of nitrogens with zero attached hydrogens (tertiary/aromatic N) is 1. The van der Waals surface area contributed by atoms with Crippen molar-refractivity contribution in [3.05, 3.63) is 35.9 Å². The second kappa shape index (κ2) is 9.21. The first-order valence-corrected chi connectivity index (χ1v) is 9.35. The fourth-order valence-electron chi connectivity index (χ4n) is 3.05. The maximum atomic E-state index is 12.6. The lowest BCUT2D eigenvalue weighted by Gasteiger charge is -2.24. The van der Waals surface area contributed by atoms with Gasteiger partial charge in [0, 0.05) is 30.9 Å².